The maximum Gasteiger partial charge on any atom is 0.252 e. The number of benzene rings is 4. The number of halogens is 2. The van der Waals surface area contributed by atoms with Crippen molar-refractivity contribution in [3.8, 4) is 11.1 Å². The molecule has 48 heavy (non-hydrogen) atoms. The molecule has 1 N–H and O–H groups in total. The van der Waals surface area contributed by atoms with Gasteiger partial charge in [0.15, 0.2) is 9.84 Å². The third-order valence-electron chi connectivity index (χ3n) is 9.85. The van der Waals surface area contributed by atoms with Crippen LogP contribution in [0, 0.1) is 5.92 Å². The number of sulfone groups is 1. The van der Waals surface area contributed by atoms with Crippen molar-refractivity contribution in [2.24, 2.45) is 5.92 Å². The van der Waals surface area contributed by atoms with E-state index in [1.54, 1.807) is 18.2 Å². The third-order valence-corrected chi connectivity index (χ3v) is 11.5. The molecule has 1 heterocycles. The molecular formula is C40H42Cl2N2O3S. The summed E-state index contributed by atoms with van der Waals surface area (Å²) in [7, 11) is -3.20. The molecule has 0 bridgehead atoms. The molecule has 6 rings (SSSR count). The number of amides is 1. The van der Waals surface area contributed by atoms with Crippen LogP contribution in [0.5, 0.6) is 0 Å². The molecule has 0 radical (unpaired) electrons. The Morgan fingerprint density at radius 3 is 2.21 bits per heavy atom. The zero-order chi connectivity index (χ0) is 33.7. The molecule has 1 aliphatic heterocycles. The number of hydrogen-bond acceptors (Lipinski definition) is 4. The van der Waals surface area contributed by atoms with Gasteiger partial charge in [0.05, 0.1) is 4.90 Å². The van der Waals surface area contributed by atoms with Crippen LogP contribution in [0.15, 0.2) is 95.9 Å². The van der Waals surface area contributed by atoms with Gasteiger partial charge >= 0.3 is 0 Å². The molecule has 8 heteroatoms. The van der Waals surface area contributed by atoms with Crippen LogP contribution in [0.2, 0.25) is 10.0 Å². The predicted molar refractivity (Wildman–Crippen MR) is 198 cm³/mol. The Morgan fingerprint density at radius 1 is 0.833 bits per heavy atom. The van der Waals surface area contributed by atoms with Crippen LogP contribution in [-0.2, 0) is 27.5 Å². The molecule has 0 unspecified atom stereocenters. The van der Waals surface area contributed by atoms with E-state index >= 15 is 0 Å². The van der Waals surface area contributed by atoms with Crippen molar-refractivity contribution >= 4 is 50.6 Å². The third kappa shape index (κ3) is 8.78. The van der Waals surface area contributed by atoms with Gasteiger partial charge in [-0.05, 0) is 121 Å². The second-order valence-corrected chi connectivity index (χ2v) is 16.1. The number of rotatable bonds is 9. The molecule has 4 aromatic carbocycles. The molecule has 0 spiro atoms. The normalized spacial score (nSPS) is 18.9. The van der Waals surface area contributed by atoms with Crippen molar-refractivity contribution in [2.45, 2.75) is 55.9 Å². The highest BCUT2D eigenvalue weighted by Gasteiger charge is 2.25. The van der Waals surface area contributed by atoms with E-state index < -0.39 is 9.84 Å². The molecule has 1 amide bonds. The van der Waals surface area contributed by atoms with Crippen LogP contribution in [0.1, 0.15) is 54.4 Å². The van der Waals surface area contributed by atoms with E-state index in [1.807, 2.05) is 54.6 Å². The Morgan fingerprint density at radius 2 is 1.52 bits per heavy atom. The van der Waals surface area contributed by atoms with Gasteiger partial charge in [-0.2, -0.15) is 0 Å². The van der Waals surface area contributed by atoms with Gasteiger partial charge in [-0.3, -0.25) is 4.79 Å². The maximum absolute atomic E-state index is 13.9. The Balaban J connectivity index is 1.06. The first-order valence-corrected chi connectivity index (χ1v) is 19.4. The van der Waals surface area contributed by atoms with Crippen molar-refractivity contribution in [3.63, 3.8) is 0 Å². The Bertz CT molecular complexity index is 1880. The standard InChI is InChI=1S/C40H42Cl2N2O3S/c1-48(46,47)37-18-14-31-20-23-44(24-21-33(31)25-37)22-19-28-7-16-36(17-8-28)43-40(45)38(26-34-13-15-35(41)27-39(34)42)32-11-9-30(10-12-32)29-5-3-2-4-6-29/h2-6,9-15,18,25-28,36H,7-8,16-17,19-24H2,1H3,(H,43,45)/b38-26+. The number of carbonyl (C=O) groups excluding carboxylic acids is 1. The van der Waals surface area contributed by atoms with Crippen LogP contribution < -0.4 is 5.32 Å². The topological polar surface area (TPSA) is 66.5 Å². The summed E-state index contributed by atoms with van der Waals surface area (Å²) in [6.45, 7) is 2.99. The van der Waals surface area contributed by atoms with E-state index in [2.05, 4.69) is 34.5 Å². The van der Waals surface area contributed by atoms with Gasteiger partial charge in [-0.15, -0.1) is 0 Å². The van der Waals surface area contributed by atoms with Crippen LogP contribution in [-0.4, -0.2) is 51.2 Å². The molecule has 0 aromatic heterocycles. The van der Waals surface area contributed by atoms with Gasteiger partial charge in [-0.25, -0.2) is 8.42 Å². The van der Waals surface area contributed by atoms with E-state index in [-0.39, 0.29) is 11.9 Å². The number of carbonyl (C=O) groups is 1. The van der Waals surface area contributed by atoms with E-state index in [9.17, 15) is 13.2 Å². The van der Waals surface area contributed by atoms with Gasteiger partial charge < -0.3 is 10.2 Å². The average Bonchev–Trinajstić information content (AvgIpc) is 3.29. The van der Waals surface area contributed by atoms with Crippen molar-refractivity contribution in [2.75, 3.05) is 25.9 Å². The van der Waals surface area contributed by atoms with Crippen molar-refractivity contribution in [1.82, 2.24) is 10.2 Å². The van der Waals surface area contributed by atoms with E-state index in [4.69, 9.17) is 23.2 Å². The summed E-state index contributed by atoms with van der Waals surface area (Å²) in [6, 6.07) is 29.4. The number of nitrogens with one attached hydrogen (secondary N) is 1. The SMILES string of the molecule is CS(=O)(=O)c1ccc2c(c1)CCN(CCC1CCC(NC(=O)/C(=C/c3ccc(Cl)cc3Cl)c3ccc(-c4ccccc4)cc3)CC1)CC2. The van der Waals surface area contributed by atoms with Crippen LogP contribution in [0.25, 0.3) is 22.8 Å². The molecule has 1 saturated carbocycles. The summed E-state index contributed by atoms with van der Waals surface area (Å²) in [5, 5.41) is 4.40. The van der Waals surface area contributed by atoms with Crippen LogP contribution in [0.3, 0.4) is 0 Å². The quantitative estimate of drug-likeness (QED) is 0.140. The summed E-state index contributed by atoms with van der Waals surface area (Å²) in [5.74, 6) is 0.536. The minimum atomic E-state index is -3.20. The first kappa shape index (κ1) is 34.4. The molecule has 0 saturated heterocycles. The van der Waals surface area contributed by atoms with Crippen molar-refractivity contribution in [1.29, 1.82) is 0 Å². The fraction of sp³-hybridized carbons (Fsp3) is 0.325. The highest BCUT2D eigenvalue weighted by Crippen LogP contribution is 2.31. The van der Waals surface area contributed by atoms with Crippen molar-refractivity contribution in [3.05, 3.63) is 123 Å². The molecule has 4 aromatic rings. The van der Waals surface area contributed by atoms with Gasteiger partial charge in [-0.1, -0.05) is 89.9 Å². The van der Waals surface area contributed by atoms with Crippen LogP contribution in [0.4, 0.5) is 0 Å². The number of fused-ring (bicyclic) bond motifs is 1. The fourth-order valence-corrected chi connectivity index (χ4v) is 8.09. The lowest BCUT2D eigenvalue weighted by atomic mass is 9.83. The zero-order valence-corrected chi connectivity index (χ0v) is 29.6. The Hall–Kier alpha value is -3.42. The minimum absolute atomic E-state index is 0.0971. The van der Waals surface area contributed by atoms with E-state index in [0.29, 0.717) is 26.4 Å². The van der Waals surface area contributed by atoms with Crippen LogP contribution >= 0.6 is 23.2 Å². The lowest BCUT2D eigenvalue weighted by molar-refractivity contribution is -0.116. The van der Waals surface area contributed by atoms with Gasteiger partial charge in [0.2, 0.25) is 0 Å². The second-order valence-electron chi connectivity index (χ2n) is 13.2. The predicted octanol–water partition coefficient (Wildman–Crippen LogP) is 8.77. The molecule has 250 valence electrons. The van der Waals surface area contributed by atoms with E-state index in [1.165, 1.54) is 11.8 Å². The van der Waals surface area contributed by atoms with Gasteiger partial charge in [0, 0.05) is 41.0 Å². The maximum atomic E-state index is 13.9. The summed E-state index contributed by atoms with van der Waals surface area (Å²) >= 11 is 12.7. The molecule has 1 fully saturated rings. The number of hydrogen-bond donors (Lipinski definition) is 1. The molecule has 0 atom stereocenters. The summed E-state index contributed by atoms with van der Waals surface area (Å²) < 4.78 is 24.1. The molecule has 1 aliphatic carbocycles. The van der Waals surface area contributed by atoms with Crippen molar-refractivity contribution < 1.29 is 13.2 Å². The monoisotopic (exact) mass is 700 g/mol. The Labute approximate surface area is 294 Å². The largest absolute Gasteiger partial charge is 0.349 e. The molecule has 5 nitrogen and oxygen atoms in total. The summed E-state index contributed by atoms with van der Waals surface area (Å²) in [4.78, 5) is 16.8. The summed E-state index contributed by atoms with van der Waals surface area (Å²) in [5.41, 5.74) is 6.80. The van der Waals surface area contributed by atoms with Gasteiger partial charge in [0.25, 0.3) is 5.91 Å². The Kier molecular flexibility index (Phi) is 11.1. The lowest BCUT2D eigenvalue weighted by Crippen LogP contribution is -2.38. The average molecular weight is 702 g/mol. The first-order valence-electron chi connectivity index (χ1n) is 16.8. The first-order chi connectivity index (χ1) is 23.1. The summed E-state index contributed by atoms with van der Waals surface area (Å²) in [6.07, 6.45) is 10.2. The minimum Gasteiger partial charge on any atom is -0.349 e. The number of nitrogens with zero attached hydrogens (tertiary/aromatic N) is 1. The molecule has 2 aliphatic rings. The zero-order valence-electron chi connectivity index (χ0n) is 27.3. The smallest absolute Gasteiger partial charge is 0.252 e. The highest BCUT2D eigenvalue weighted by atomic mass is 35.5. The fourth-order valence-electron chi connectivity index (χ4n) is 6.95. The second kappa shape index (κ2) is 15.4. The highest BCUT2D eigenvalue weighted by molar-refractivity contribution is 7.90. The molecular weight excluding hydrogens is 659 g/mol. The van der Waals surface area contributed by atoms with E-state index in [0.717, 1.165) is 92.4 Å². The lowest BCUT2D eigenvalue weighted by Gasteiger charge is -2.31. The van der Waals surface area contributed by atoms with Gasteiger partial charge in [0.1, 0.15) is 0 Å².